The minimum Gasteiger partial charge on any atom is -0.452 e. The number of rotatable bonds is 5. The number of fused-ring (bicyclic) bond motifs is 1. The van der Waals surface area contributed by atoms with Crippen LogP contribution in [0.2, 0.25) is 0 Å². The van der Waals surface area contributed by atoms with Crippen LogP contribution in [-0.4, -0.2) is 30.4 Å². The summed E-state index contributed by atoms with van der Waals surface area (Å²) in [7, 11) is 1.78. The number of hydrogen-bond donors (Lipinski definition) is 0. The van der Waals surface area contributed by atoms with Crippen molar-refractivity contribution in [3.05, 3.63) is 76.9 Å². The molecule has 0 saturated heterocycles. The lowest BCUT2D eigenvalue weighted by Gasteiger charge is -2.33. The molecule has 0 N–H and O–H groups in total. The number of carbonyl (C=O) groups is 2. The van der Waals surface area contributed by atoms with Gasteiger partial charge in [-0.15, -0.1) is 0 Å². The molecule has 2 aromatic rings. The minimum atomic E-state index is -0.510. The Labute approximate surface area is 160 Å². The van der Waals surface area contributed by atoms with Gasteiger partial charge in [0.25, 0.3) is 5.91 Å². The largest absolute Gasteiger partial charge is 0.452 e. The minimum absolute atomic E-state index is 0.0451. The highest BCUT2D eigenvalue weighted by Crippen LogP contribution is 2.33. The van der Waals surface area contributed by atoms with E-state index in [1.807, 2.05) is 43.3 Å². The normalized spacial score (nSPS) is 16.0. The Morgan fingerprint density at radius 1 is 1.15 bits per heavy atom. The molecule has 140 valence electrons. The third-order valence-corrected chi connectivity index (χ3v) is 5.12. The lowest BCUT2D eigenvalue weighted by molar-refractivity contribution is -0.148. The summed E-state index contributed by atoms with van der Waals surface area (Å²) in [5.74, 6) is -0.696. The molecule has 1 aliphatic rings. The van der Waals surface area contributed by atoms with E-state index in [9.17, 15) is 9.59 Å². The van der Waals surface area contributed by atoms with Crippen LogP contribution in [0.25, 0.3) is 6.08 Å². The van der Waals surface area contributed by atoms with E-state index in [1.165, 1.54) is 17.2 Å². The third-order valence-electron chi connectivity index (χ3n) is 5.12. The lowest BCUT2D eigenvalue weighted by Crippen LogP contribution is -2.36. The Hall–Kier alpha value is -2.88. The van der Waals surface area contributed by atoms with E-state index in [4.69, 9.17) is 4.74 Å². The van der Waals surface area contributed by atoms with Crippen LogP contribution in [0.3, 0.4) is 0 Å². The number of likely N-dealkylation sites (N-methyl/N-ethyl adjacent to an activating group) is 1. The van der Waals surface area contributed by atoms with Crippen molar-refractivity contribution in [2.24, 2.45) is 0 Å². The molecule has 0 unspecified atom stereocenters. The molecule has 0 aromatic heterocycles. The number of ether oxygens (including phenoxy) is 1. The van der Waals surface area contributed by atoms with Gasteiger partial charge in [0.05, 0.1) is 6.04 Å². The number of aryl methyl sites for hydroxylation is 2. The first-order valence-electron chi connectivity index (χ1n) is 9.30. The zero-order chi connectivity index (χ0) is 19.2. The molecule has 0 heterocycles. The SMILES string of the molecule is Cc1ccccc1/C=C/C(=O)OCC(=O)N(C)[C@@H]1CCCc2ccccc21. The molecule has 0 radical (unpaired) electrons. The molecule has 0 aliphatic heterocycles. The maximum Gasteiger partial charge on any atom is 0.331 e. The number of nitrogens with zero attached hydrogens (tertiary/aromatic N) is 1. The highest BCUT2D eigenvalue weighted by Gasteiger charge is 2.26. The second-order valence-corrected chi connectivity index (χ2v) is 6.91. The molecule has 2 aromatic carbocycles. The second-order valence-electron chi connectivity index (χ2n) is 6.91. The maximum atomic E-state index is 12.5. The monoisotopic (exact) mass is 363 g/mol. The van der Waals surface area contributed by atoms with E-state index in [2.05, 4.69) is 12.1 Å². The predicted molar refractivity (Wildman–Crippen MR) is 106 cm³/mol. The third kappa shape index (κ3) is 4.64. The fraction of sp³-hybridized carbons (Fsp3) is 0.304. The molecule has 1 aliphatic carbocycles. The van der Waals surface area contributed by atoms with E-state index < -0.39 is 5.97 Å². The van der Waals surface area contributed by atoms with Gasteiger partial charge in [0, 0.05) is 13.1 Å². The molecule has 4 heteroatoms. The molecule has 4 nitrogen and oxygen atoms in total. The van der Waals surface area contributed by atoms with Gasteiger partial charge in [-0.25, -0.2) is 4.79 Å². The molecular weight excluding hydrogens is 338 g/mol. The van der Waals surface area contributed by atoms with Gasteiger partial charge in [-0.05, 0) is 54.5 Å². The van der Waals surface area contributed by atoms with Crippen LogP contribution >= 0.6 is 0 Å². The summed E-state index contributed by atoms with van der Waals surface area (Å²) in [5.41, 5.74) is 4.53. The highest BCUT2D eigenvalue weighted by molar-refractivity contribution is 5.89. The van der Waals surface area contributed by atoms with Crippen LogP contribution in [0, 0.1) is 6.92 Å². The topological polar surface area (TPSA) is 46.6 Å². The average Bonchev–Trinajstić information content (AvgIpc) is 2.70. The summed E-state index contributed by atoms with van der Waals surface area (Å²) < 4.78 is 5.15. The van der Waals surface area contributed by atoms with Gasteiger partial charge in [0.1, 0.15) is 0 Å². The molecule has 0 saturated carbocycles. The van der Waals surface area contributed by atoms with Crippen LogP contribution < -0.4 is 0 Å². The fourth-order valence-electron chi connectivity index (χ4n) is 3.52. The van der Waals surface area contributed by atoms with Gasteiger partial charge in [-0.2, -0.15) is 0 Å². The van der Waals surface area contributed by atoms with Crippen LogP contribution in [0.1, 0.15) is 41.1 Å². The Morgan fingerprint density at radius 2 is 1.89 bits per heavy atom. The molecule has 3 rings (SSSR count). The van der Waals surface area contributed by atoms with E-state index in [-0.39, 0.29) is 18.6 Å². The Kier molecular flexibility index (Phi) is 6.07. The Balaban J connectivity index is 1.56. The number of carbonyl (C=O) groups excluding carboxylic acids is 2. The fourth-order valence-corrected chi connectivity index (χ4v) is 3.52. The summed E-state index contributed by atoms with van der Waals surface area (Å²) in [6.07, 6.45) is 6.11. The lowest BCUT2D eigenvalue weighted by atomic mass is 9.87. The number of hydrogen-bond acceptors (Lipinski definition) is 3. The summed E-state index contributed by atoms with van der Waals surface area (Å²) in [4.78, 5) is 26.2. The Morgan fingerprint density at radius 3 is 2.70 bits per heavy atom. The highest BCUT2D eigenvalue weighted by atomic mass is 16.5. The standard InChI is InChI=1S/C23H25NO3/c1-17-8-3-4-9-18(17)14-15-23(26)27-16-22(25)24(2)21-13-7-11-19-10-5-6-12-20(19)21/h3-6,8-10,12,14-15,21H,7,11,13,16H2,1-2H3/b15-14+/t21-/m1/s1. The van der Waals surface area contributed by atoms with E-state index in [0.29, 0.717) is 0 Å². The summed E-state index contributed by atoms with van der Waals surface area (Å²) in [5, 5.41) is 0. The predicted octanol–water partition coefficient (Wildman–Crippen LogP) is 4.09. The zero-order valence-corrected chi connectivity index (χ0v) is 15.9. The van der Waals surface area contributed by atoms with Gasteiger partial charge in [0.15, 0.2) is 6.61 Å². The number of amides is 1. The van der Waals surface area contributed by atoms with Crippen LogP contribution in [-0.2, 0) is 20.7 Å². The van der Waals surface area contributed by atoms with Gasteiger partial charge < -0.3 is 9.64 Å². The molecule has 0 bridgehead atoms. The van der Waals surface area contributed by atoms with E-state index >= 15 is 0 Å². The van der Waals surface area contributed by atoms with E-state index in [0.717, 1.165) is 30.4 Å². The smallest absolute Gasteiger partial charge is 0.331 e. The maximum absolute atomic E-state index is 12.5. The first-order valence-corrected chi connectivity index (χ1v) is 9.30. The molecule has 1 amide bonds. The first kappa shape index (κ1) is 18.9. The van der Waals surface area contributed by atoms with Crippen LogP contribution in [0.5, 0.6) is 0 Å². The van der Waals surface area contributed by atoms with Crippen molar-refractivity contribution < 1.29 is 14.3 Å². The van der Waals surface area contributed by atoms with Crippen molar-refractivity contribution in [1.82, 2.24) is 4.90 Å². The van der Waals surface area contributed by atoms with Gasteiger partial charge >= 0.3 is 5.97 Å². The van der Waals surface area contributed by atoms with Gasteiger partial charge in [-0.1, -0.05) is 48.5 Å². The van der Waals surface area contributed by atoms with Crippen molar-refractivity contribution in [3.63, 3.8) is 0 Å². The summed E-state index contributed by atoms with van der Waals surface area (Å²) in [6, 6.07) is 16.1. The van der Waals surface area contributed by atoms with Crippen molar-refractivity contribution in [1.29, 1.82) is 0 Å². The van der Waals surface area contributed by atoms with Crippen molar-refractivity contribution in [2.75, 3.05) is 13.7 Å². The van der Waals surface area contributed by atoms with Crippen molar-refractivity contribution in [3.8, 4) is 0 Å². The van der Waals surface area contributed by atoms with Crippen LogP contribution in [0.4, 0.5) is 0 Å². The molecule has 0 spiro atoms. The summed E-state index contributed by atoms with van der Waals surface area (Å²) in [6.45, 7) is 1.73. The average molecular weight is 363 g/mol. The van der Waals surface area contributed by atoms with E-state index in [1.54, 1.807) is 18.0 Å². The number of esters is 1. The van der Waals surface area contributed by atoms with Crippen molar-refractivity contribution >= 4 is 18.0 Å². The second kappa shape index (κ2) is 8.67. The molecule has 0 fully saturated rings. The Bertz CT molecular complexity index is 856. The number of benzene rings is 2. The van der Waals surface area contributed by atoms with Crippen molar-refractivity contribution in [2.45, 2.75) is 32.2 Å². The molecule has 1 atom stereocenters. The molecule has 27 heavy (non-hydrogen) atoms. The zero-order valence-electron chi connectivity index (χ0n) is 15.9. The molecular formula is C23H25NO3. The van der Waals surface area contributed by atoms with Gasteiger partial charge in [-0.3, -0.25) is 4.79 Å². The summed E-state index contributed by atoms with van der Waals surface area (Å²) >= 11 is 0. The first-order chi connectivity index (χ1) is 13.1. The van der Waals surface area contributed by atoms with Crippen LogP contribution in [0.15, 0.2) is 54.6 Å². The van der Waals surface area contributed by atoms with Gasteiger partial charge in [0.2, 0.25) is 0 Å². The quantitative estimate of drug-likeness (QED) is 0.594.